The minimum absolute atomic E-state index is 0.0540. The van der Waals surface area contributed by atoms with Crippen LogP contribution in [0.25, 0.3) is 0 Å². The van der Waals surface area contributed by atoms with Gasteiger partial charge in [0.1, 0.15) is 5.82 Å². The van der Waals surface area contributed by atoms with Crippen molar-refractivity contribution in [3.05, 3.63) is 23.9 Å². The first kappa shape index (κ1) is 17.2. The molecule has 1 saturated carbocycles. The molecule has 0 atom stereocenters. The number of anilines is 1. The fraction of sp³-hybridized carbons (Fsp3) is 0.562. The fourth-order valence-corrected chi connectivity index (χ4v) is 2.75. The third-order valence-electron chi connectivity index (χ3n) is 4.18. The van der Waals surface area contributed by atoms with Gasteiger partial charge in [-0.05, 0) is 31.5 Å². The largest absolute Gasteiger partial charge is 0.480 e. The Morgan fingerprint density at radius 3 is 2.65 bits per heavy atom. The van der Waals surface area contributed by atoms with Crippen molar-refractivity contribution in [2.75, 3.05) is 32.1 Å². The molecule has 0 radical (unpaired) electrons. The number of amides is 1. The molecular formula is C16H24N4O3. The normalized spacial score (nSPS) is 20.0. The van der Waals surface area contributed by atoms with Crippen LogP contribution < -0.4 is 10.2 Å². The number of aromatic nitrogens is 1. The van der Waals surface area contributed by atoms with Crippen LogP contribution in [0.5, 0.6) is 0 Å². The van der Waals surface area contributed by atoms with Crippen LogP contribution in [0.4, 0.5) is 5.82 Å². The van der Waals surface area contributed by atoms with Gasteiger partial charge in [0.15, 0.2) is 0 Å². The van der Waals surface area contributed by atoms with Crippen LogP contribution in [0.1, 0.15) is 30.1 Å². The Morgan fingerprint density at radius 1 is 1.39 bits per heavy atom. The predicted molar refractivity (Wildman–Crippen MR) is 87.7 cm³/mol. The number of carboxylic acid groups (broad SMARTS) is 1. The van der Waals surface area contributed by atoms with E-state index in [9.17, 15) is 9.59 Å². The van der Waals surface area contributed by atoms with E-state index < -0.39 is 5.97 Å². The van der Waals surface area contributed by atoms with E-state index in [0.717, 1.165) is 18.7 Å². The number of rotatable bonds is 7. The summed E-state index contributed by atoms with van der Waals surface area (Å²) >= 11 is 0. The summed E-state index contributed by atoms with van der Waals surface area (Å²) in [6, 6.07) is 3.79. The molecule has 0 aromatic carbocycles. The maximum absolute atomic E-state index is 12.3. The van der Waals surface area contributed by atoms with Crippen molar-refractivity contribution in [2.24, 2.45) is 0 Å². The Labute approximate surface area is 136 Å². The van der Waals surface area contributed by atoms with E-state index >= 15 is 0 Å². The molecule has 0 bridgehead atoms. The second kappa shape index (κ2) is 7.41. The maximum atomic E-state index is 12.3. The van der Waals surface area contributed by atoms with E-state index in [1.807, 2.05) is 30.8 Å². The van der Waals surface area contributed by atoms with E-state index in [0.29, 0.717) is 12.1 Å². The molecule has 1 fully saturated rings. The number of hydrogen-bond acceptors (Lipinski definition) is 5. The van der Waals surface area contributed by atoms with Crippen LogP contribution in [-0.4, -0.2) is 66.1 Å². The zero-order valence-electron chi connectivity index (χ0n) is 13.8. The molecule has 0 spiro atoms. The molecule has 0 saturated heterocycles. The lowest BCUT2D eigenvalue weighted by molar-refractivity contribution is -0.139. The van der Waals surface area contributed by atoms with E-state index in [-0.39, 0.29) is 24.5 Å². The molecule has 7 heteroatoms. The van der Waals surface area contributed by atoms with Crippen molar-refractivity contribution in [1.82, 2.24) is 15.2 Å². The lowest BCUT2D eigenvalue weighted by Gasteiger charge is -2.42. The lowest BCUT2D eigenvalue weighted by atomic mass is 9.85. The second-order valence-corrected chi connectivity index (χ2v) is 6.05. The first-order chi connectivity index (χ1) is 10.9. The van der Waals surface area contributed by atoms with Gasteiger partial charge in [0.05, 0.1) is 6.54 Å². The molecule has 2 rings (SSSR count). The topological polar surface area (TPSA) is 85.8 Å². The molecule has 0 aliphatic heterocycles. The van der Waals surface area contributed by atoms with Crippen LogP contribution in [0.2, 0.25) is 0 Å². The number of nitrogens with zero attached hydrogens (tertiary/aromatic N) is 3. The molecule has 1 heterocycles. The van der Waals surface area contributed by atoms with Gasteiger partial charge in [-0.25, -0.2) is 4.98 Å². The van der Waals surface area contributed by atoms with Gasteiger partial charge in [0.25, 0.3) is 5.91 Å². The number of likely N-dealkylation sites (N-methyl/N-ethyl adjacent to an activating group) is 1. The van der Waals surface area contributed by atoms with Gasteiger partial charge >= 0.3 is 5.97 Å². The van der Waals surface area contributed by atoms with Crippen LogP contribution in [-0.2, 0) is 4.79 Å². The van der Waals surface area contributed by atoms with Gasteiger partial charge < -0.3 is 15.3 Å². The molecule has 2 N–H and O–H groups in total. The van der Waals surface area contributed by atoms with Gasteiger partial charge in [0.2, 0.25) is 0 Å². The molecule has 1 amide bonds. The van der Waals surface area contributed by atoms with E-state index in [4.69, 9.17) is 5.11 Å². The molecule has 1 aliphatic carbocycles. The Hall–Kier alpha value is -2.15. The van der Waals surface area contributed by atoms with E-state index in [1.54, 1.807) is 18.3 Å². The van der Waals surface area contributed by atoms with E-state index in [1.165, 1.54) is 0 Å². The number of nitrogens with one attached hydrogen (secondary N) is 1. The summed E-state index contributed by atoms with van der Waals surface area (Å²) in [5.74, 6) is -0.185. The summed E-state index contributed by atoms with van der Waals surface area (Å²) < 4.78 is 0. The highest BCUT2D eigenvalue weighted by Gasteiger charge is 2.34. The summed E-state index contributed by atoms with van der Waals surface area (Å²) in [6.45, 7) is 2.71. The SMILES string of the molecule is CCN(CC(=O)O)C1CC(NC(=O)c2ccnc(N(C)C)c2)C1. The number of carbonyl (C=O) groups excluding carboxylic acids is 1. The summed E-state index contributed by atoms with van der Waals surface area (Å²) in [6.07, 6.45) is 3.20. The fourth-order valence-electron chi connectivity index (χ4n) is 2.75. The van der Waals surface area contributed by atoms with Gasteiger partial charge in [-0.3, -0.25) is 14.5 Å². The number of hydrogen-bond donors (Lipinski definition) is 2. The van der Waals surface area contributed by atoms with Crippen molar-refractivity contribution < 1.29 is 14.7 Å². The van der Waals surface area contributed by atoms with Crippen LogP contribution in [0.15, 0.2) is 18.3 Å². The van der Waals surface area contributed by atoms with Crippen LogP contribution >= 0.6 is 0 Å². The molecule has 7 nitrogen and oxygen atoms in total. The van der Waals surface area contributed by atoms with Crippen LogP contribution in [0.3, 0.4) is 0 Å². The third kappa shape index (κ3) is 4.41. The molecule has 1 aromatic heterocycles. The van der Waals surface area contributed by atoms with Crippen molar-refractivity contribution in [3.63, 3.8) is 0 Å². The Balaban J connectivity index is 1.86. The van der Waals surface area contributed by atoms with Crippen LogP contribution in [0, 0.1) is 0 Å². The number of pyridine rings is 1. The number of aliphatic carboxylic acids is 1. The predicted octanol–water partition coefficient (Wildman–Crippen LogP) is 0.815. The Morgan fingerprint density at radius 2 is 2.09 bits per heavy atom. The van der Waals surface area contributed by atoms with Gasteiger partial charge in [-0.1, -0.05) is 6.92 Å². The summed E-state index contributed by atoms with van der Waals surface area (Å²) in [5.41, 5.74) is 0.588. The molecule has 1 aromatic rings. The standard InChI is InChI=1S/C16H24N4O3/c1-4-20(10-15(21)22)13-8-12(9-13)18-16(23)11-5-6-17-14(7-11)19(2)3/h5-7,12-13H,4,8-10H2,1-3H3,(H,18,23)(H,21,22). The maximum Gasteiger partial charge on any atom is 0.317 e. The monoisotopic (exact) mass is 320 g/mol. The van der Waals surface area contributed by atoms with Crippen molar-refractivity contribution in [3.8, 4) is 0 Å². The third-order valence-corrected chi connectivity index (χ3v) is 4.18. The summed E-state index contributed by atoms with van der Waals surface area (Å²) in [4.78, 5) is 31.1. The van der Waals surface area contributed by atoms with E-state index in [2.05, 4.69) is 10.3 Å². The lowest BCUT2D eigenvalue weighted by Crippen LogP contribution is -2.54. The summed E-state index contributed by atoms with van der Waals surface area (Å²) in [7, 11) is 3.75. The van der Waals surface area contributed by atoms with Gasteiger partial charge in [-0.2, -0.15) is 0 Å². The van der Waals surface area contributed by atoms with Gasteiger partial charge in [0, 0.05) is 37.9 Å². The summed E-state index contributed by atoms with van der Waals surface area (Å²) in [5, 5.41) is 11.9. The zero-order valence-corrected chi connectivity index (χ0v) is 13.8. The smallest absolute Gasteiger partial charge is 0.317 e. The van der Waals surface area contributed by atoms with Crippen molar-refractivity contribution in [1.29, 1.82) is 0 Å². The number of carboxylic acids is 1. The van der Waals surface area contributed by atoms with Gasteiger partial charge in [-0.15, -0.1) is 0 Å². The number of carbonyl (C=O) groups is 2. The Bertz CT molecular complexity index is 570. The van der Waals surface area contributed by atoms with Crippen molar-refractivity contribution >= 4 is 17.7 Å². The molecule has 23 heavy (non-hydrogen) atoms. The highest BCUT2D eigenvalue weighted by Crippen LogP contribution is 2.26. The first-order valence-electron chi connectivity index (χ1n) is 7.80. The average molecular weight is 320 g/mol. The average Bonchev–Trinajstić information content (AvgIpc) is 2.48. The highest BCUT2D eigenvalue weighted by molar-refractivity contribution is 5.95. The molecule has 1 aliphatic rings. The Kier molecular flexibility index (Phi) is 5.54. The molecule has 126 valence electrons. The second-order valence-electron chi connectivity index (χ2n) is 6.05. The van der Waals surface area contributed by atoms with Crippen molar-refractivity contribution in [2.45, 2.75) is 31.8 Å². The molecular weight excluding hydrogens is 296 g/mol. The zero-order chi connectivity index (χ0) is 17.0. The quantitative estimate of drug-likeness (QED) is 0.773. The first-order valence-corrected chi connectivity index (χ1v) is 7.80. The molecule has 0 unspecified atom stereocenters. The minimum atomic E-state index is -0.813. The minimum Gasteiger partial charge on any atom is -0.480 e. The highest BCUT2D eigenvalue weighted by atomic mass is 16.4.